The lowest BCUT2D eigenvalue weighted by Crippen LogP contribution is -2.31. The number of benzene rings is 2. The van der Waals surface area contributed by atoms with Crippen LogP contribution in [0.3, 0.4) is 0 Å². The quantitative estimate of drug-likeness (QED) is 0.883. The molecule has 0 aliphatic carbocycles. The zero-order valence-corrected chi connectivity index (χ0v) is 12.4. The number of carbonyl (C=O) groups is 2. The van der Waals surface area contributed by atoms with E-state index in [0.29, 0.717) is 5.69 Å². The van der Waals surface area contributed by atoms with E-state index in [9.17, 15) is 9.59 Å². The molecule has 110 valence electrons. The molecule has 1 heterocycles. The molecule has 1 N–H and O–H groups in total. The van der Waals surface area contributed by atoms with Crippen molar-refractivity contribution >= 4 is 29.1 Å². The Balaban J connectivity index is 1.81. The predicted octanol–water partition coefficient (Wildman–Crippen LogP) is 3.12. The van der Waals surface area contributed by atoms with Gasteiger partial charge in [0.05, 0.1) is 6.54 Å². The summed E-state index contributed by atoms with van der Waals surface area (Å²) in [5.41, 5.74) is 1.70. The molecule has 4 nitrogen and oxygen atoms in total. The van der Waals surface area contributed by atoms with Crippen LogP contribution in [-0.2, 0) is 16.1 Å². The molecule has 0 saturated carbocycles. The molecule has 2 aromatic carbocycles. The topological polar surface area (TPSA) is 49.4 Å². The Bertz CT molecular complexity index is 742. The summed E-state index contributed by atoms with van der Waals surface area (Å²) in [5.74, 6) is -0.892. The van der Waals surface area contributed by atoms with Gasteiger partial charge in [0.2, 0.25) is 0 Å². The highest BCUT2D eigenvalue weighted by Crippen LogP contribution is 2.26. The van der Waals surface area contributed by atoms with E-state index in [-0.39, 0.29) is 17.3 Å². The van der Waals surface area contributed by atoms with E-state index >= 15 is 0 Å². The molecule has 0 saturated heterocycles. The molecule has 2 aromatic rings. The fraction of sp³-hybridized carbons (Fsp3) is 0.0588. The second-order valence-electron chi connectivity index (χ2n) is 4.86. The SMILES string of the molecule is O=C1C(Cl)=C(Nc2ccccc2)C(=O)N1Cc1ccccc1. The molecule has 3 rings (SSSR count). The third kappa shape index (κ3) is 2.73. The van der Waals surface area contributed by atoms with Crippen LogP contribution in [0.15, 0.2) is 71.4 Å². The lowest BCUT2D eigenvalue weighted by atomic mass is 10.2. The normalized spacial score (nSPS) is 14.7. The molecule has 0 aromatic heterocycles. The molecule has 1 aliphatic heterocycles. The van der Waals surface area contributed by atoms with Gasteiger partial charge in [0.25, 0.3) is 11.8 Å². The maximum absolute atomic E-state index is 12.4. The average Bonchev–Trinajstić information content (AvgIpc) is 2.75. The highest BCUT2D eigenvalue weighted by Gasteiger charge is 2.37. The van der Waals surface area contributed by atoms with Gasteiger partial charge in [-0.3, -0.25) is 14.5 Å². The van der Waals surface area contributed by atoms with Crippen LogP contribution >= 0.6 is 11.6 Å². The number of imide groups is 1. The number of amides is 2. The van der Waals surface area contributed by atoms with Crippen LogP contribution < -0.4 is 5.32 Å². The molecule has 0 radical (unpaired) electrons. The third-order valence-corrected chi connectivity index (χ3v) is 3.69. The summed E-state index contributed by atoms with van der Waals surface area (Å²) in [6.07, 6.45) is 0. The molecule has 2 amide bonds. The fourth-order valence-corrected chi connectivity index (χ4v) is 2.46. The summed E-state index contributed by atoms with van der Waals surface area (Å²) >= 11 is 6.04. The smallest absolute Gasteiger partial charge is 0.279 e. The van der Waals surface area contributed by atoms with Crippen LogP contribution in [0, 0.1) is 0 Å². The first-order valence-corrected chi connectivity index (χ1v) is 7.16. The first-order chi connectivity index (χ1) is 10.7. The van der Waals surface area contributed by atoms with Crippen molar-refractivity contribution < 1.29 is 9.59 Å². The monoisotopic (exact) mass is 312 g/mol. The highest BCUT2D eigenvalue weighted by molar-refractivity contribution is 6.48. The number of halogens is 1. The minimum absolute atomic E-state index is 0.0789. The van der Waals surface area contributed by atoms with E-state index in [1.807, 2.05) is 48.5 Å². The van der Waals surface area contributed by atoms with Crippen molar-refractivity contribution in [1.82, 2.24) is 4.90 Å². The van der Waals surface area contributed by atoms with Gasteiger partial charge in [0, 0.05) is 5.69 Å². The largest absolute Gasteiger partial charge is 0.350 e. The van der Waals surface area contributed by atoms with Crippen molar-refractivity contribution in [1.29, 1.82) is 0 Å². The maximum Gasteiger partial charge on any atom is 0.279 e. The summed E-state index contributed by atoms with van der Waals surface area (Å²) in [7, 11) is 0. The van der Waals surface area contributed by atoms with Gasteiger partial charge >= 0.3 is 0 Å². The molecule has 0 fully saturated rings. The van der Waals surface area contributed by atoms with E-state index in [0.717, 1.165) is 10.5 Å². The van der Waals surface area contributed by atoms with Gasteiger partial charge in [-0.25, -0.2) is 0 Å². The standard InChI is InChI=1S/C17H13ClN2O2/c18-14-15(19-13-9-5-2-6-10-13)17(22)20(16(14)21)11-12-7-3-1-4-8-12/h1-10,19H,11H2. The van der Waals surface area contributed by atoms with Gasteiger partial charge in [-0.1, -0.05) is 60.1 Å². The average molecular weight is 313 g/mol. The van der Waals surface area contributed by atoms with E-state index in [1.54, 1.807) is 12.1 Å². The van der Waals surface area contributed by atoms with Crippen molar-refractivity contribution in [3.63, 3.8) is 0 Å². The second kappa shape index (κ2) is 6.03. The Kier molecular flexibility index (Phi) is 3.94. The van der Waals surface area contributed by atoms with Gasteiger partial charge < -0.3 is 5.32 Å². The van der Waals surface area contributed by atoms with E-state index in [1.165, 1.54) is 0 Å². The zero-order valence-electron chi connectivity index (χ0n) is 11.6. The molecular weight excluding hydrogens is 300 g/mol. The van der Waals surface area contributed by atoms with E-state index in [4.69, 9.17) is 11.6 Å². The van der Waals surface area contributed by atoms with Gasteiger partial charge in [-0.05, 0) is 17.7 Å². The number of hydrogen-bond acceptors (Lipinski definition) is 3. The van der Waals surface area contributed by atoms with E-state index < -0.39 is 11.8 Å². The Morgan fingerprint density at radius 1 is 0.864 bits per heavy atom. The van der Waals surface area contributed by atoms with Gasteiger partial charge in [-0.15, -0.1) is 0 Å². The zero-order chi connectivity index (χ0) is 15.5. The molecule has 0 spiro atoms. The minimum atomic E-state index is -0.478. The van der Waals surface area contributed by atoms with Crippen LogP contribution in [0.25, 0.3) is 0 Å². The number of nitrogens with zero attached hydrogens (tertiary/aromatic N) is 1. The molecule has 0 atom stereocenters. The Morgan fingerprint density at radius 3 is 2.09 bits per heavy atom. The third-order valence-electron chi connectivity index (χ3n) is 3.34. The second-order valence-corrected chi connectivity index (χ2v) is 5.24. The van der Waals surface area contributed by atoms with Crippen LogP contribution in [0.1, 0.15) is 5.56 Å². The van der Waals surface area contributed by atoms with Crippen molar-refractivity contribution in [3.8, 4) is 0 Å². The number of carbonyl (C=O) groups excluding carboxylic acids is 2. The Morgan fingerprint density at radius 2 is 1.45 bits per heavy atom. The summed E-state index contributed by atoms with van der Waals surface area (Å²) in [6.45, 7) is 0.203. The number of anilines is 1. The molecule has 0 unspecified atom stereocenters. The molecule has 5 heteroatoms. The van der Waals surface area contributed by atoms with Crippen LogP contribution in [0.4, 0.5) is 5.69 Å². The maximum atomic E-state index is 12.4. The fourth-order valence-electron chi connectivity index (χ4n) is 2.23. The summed E-state index contributed by atoms with van der Waals surface area (Å²) in [4.78, 5) is 25.8. The molecule has 0 bridgehead atoms. The van der Waals surface area contributed by atoms with Crippen molar-refractivity contribution in [3.05, 3.63) is 77.0 Å². The van der Waals surface area contributed by atoms with Gasteiger partial charge in [0.15, 0.2) is 0 Å². The number of nitrogens with one attached hydrogen (secondary N) is 1. The van der Waals surface area contributed by atoms with Crippen LogP contribution in [0.5, 0.6) is 0 Å². The number of rotatable bonds is 4. The summed E-state index contributed by atoms with van der Waals surface area (Å²) in [6, 6.07) is 18.4. The summed E-state index contributed by atoms with van der Waals surface area (Å²) in [5, 5.41) is 2.84. The van der Waals surface area contributed by atoms with E-state index in [2.05, 4.69) is 5.32 Å². The first kappa shape index (κ1) is 14.4. The lowest BCUT2D eigenvalue weighted by molar-refractivity contribution is -0.138. The van der Waals surface area contributed by atoms with Crippen molar-refractivity contribution in [2.75, 3.05) is 5.32 Å². The molecular formula is C17H13ClN2O2. The lowest BCUT2D eigenvalue weighted by Gasteiger charge is -2.15. The van der Waals surface area contributed by atoms with Crippen molar-refractivity contribution in [2.45, 2.75) is 6.54 Å². The Labute approximate surface area is 133 Å². The van der Waals surface area contributed by atoms with Crippen LogP contribution in [-0.4, -0.2) is 16.7 Å². The number of para-hydroxylation sites is 1. The highest BCUT2D eigenvalue weighted by atomic mass is 35.5. The summed E-state index contributed by atoms with van der Waals surface area (Å²) < 4.78 is 0. The first-order valence-electron chi connectivity index (χ1n) is 6.79. The molecule has 1 aliphatic rings. The predicted molar refractivity (Wildman–Crippen MR) is 84.9 cm³/mol. The van der Waals surface area contributed by atoms with Gasteiger partial charge in [-0.2, -0.15) is 0 Å². The van der Waals surface area contributed by atoms with Gasteiger partial charge in [0.1, 0.15) is 10.7 Å². The van der Waals surface area contributed by atoms with Crippen LogP contribution in [0.2, 0.25) is 0 Å². The Hall–Kier alpha value is -2.59. The number of hydrogen-bond donors (Lipinski definition) is 1. The van der Waals surface area contributed by atoms with Crippen molar-refractivity contribution in [2.24, 2.45) is 0 Å². The minimum Gasteiger partial charge on any atom is -0.350 e. The molecule has 22 heavy (non-hydrogen) atoms.